The molecule has 22 heavy (non-hydrogen) atoms. The number of amides is 1. The van der Waals surface area contributed by atoms with E-state index < -0.39 is 24.6 Å². The quantitative estimate of drug-likeness (QED) is 0.799. The van der Waals surface area contributed by atoms with Crippen LogP contribution < -0.4 is 10.6 Å². The van der Waals surface area contributed by atoms with Gasteiger partial charge in [0.25, 0.3) is 0 Å². The summed E-state index contributed by atoms with van der Waals surface area (Å²) >= 11 is 0. The van der Waals surface area contributed by atoms with Crippen LogP contribution >= 0.6 is 0 Å². The normalized spacial score (nSPS) is 22.2. The van der Waals surface area contributed by atoms with Crippen molar-refractivity contribution in [2.75, 3.05) is 17.2 Å². The Balaban J connectivity index is 1.89. The van der Waals surface area contributed by atoms with Crippen LogP contribution in [0.4, 0.5) is 24.5 Å². The number of carbonyl (C=O) groups is 1. The molecular weight excluding hydrogens is 297 g/mol. The SMILES string of the molecule is O=C(CO)Nc1cccc(NC2CCC(C(F)(F)F)CC2)c1. The van der Waals surface area contributed by atoms with Gasteiger partial charge in [0.2, 0.25) is 5.91 Å². The number of rotatable bonds is 4. The highest BCUT2D eigenvalue weighted by Gasteiger charge is 2.41. The van der Waals surface area contributed by atoms with E-state index in [2.05, 4.69) is 10.6 Å². The van der Waals surface area contributed by atoms with E-state index in [4.69, 9.17) is 5.11 Å². The maximum atomic E-state index is 12.6. The third-order valence-electron chi connectivity index (χ3n) is 3.85. The number of alkyl halides is 3. The molecule has 2 rings (SSSR count). The maximum absolute atomic E-state index is 12.6. The molecule has 0 radical (unpaired) electrons. The topological polar surface area (TPSA) is 61.4 Å². The number of hydrogen-bond acceptors (Lipinski definition) is 3. The first kappa shape index (κ1) is 16.6. The molecule has 0 saturated heterocycles. The highest BCUT2D eigenvalue weighted by molar-refractivity contribution is 5.91. The molecule has 0 atom stereocenters. The summed E-state index contributed by atoms with van der Waals surface area (Å²) in [6.45, 7) is -0.598. The first-order chi connectivity index (χ1) is 10.4. The molecule has 0 bridgehead atoms. The fourth-order valence-corrected chi connectivity index (χ4v) is 2.69. The second kappa shape index (κ2) is 7.00. The van der Waals surface area contributed by atoms with Gasteiger partial charge in [-0.1, -0.05) is 6.07 Å². The number of aliphatic hydroxyl groups excluding tert-OH is 1. The molecule has 3 N–H and O–H groups in total. The van der Waals surface area contributed by atoms with E-state index in [-0.39, 0.29) is 18.9 Å². The third kappa shape index (κ3) is 4.62. The van der Waals surface area contributed by atoms with Gasteiger partial charge in [0.05, 0.1) is 5.92 Å². The minimum atomic E-state index is -4.10. The van der Waals surface area contributed by atoms with Crippen LogP contribution in [0.15, 0.2) is 24.3 Å². The standard InChI is InChI=1S/C15H19F3N2O2/c16-15(17,18)10-4-6-11(7-5-10)19-12-2-1-3-13(8-12)20-14(22)9-21/h1-3,8,10-11,19,21H,4-7,9H2,(H,20,22). The Morgan fingerprint density at radius 2 is 1.82 bits per heavy atom. The Hall–Kier alpha value is -1.76. The zero-order valence-corrected chi connectivity index (χ0v) is 12.0. The summed E-state index contributed by atoms with van der Waals surface area (Å²) in [7, 11) is 0. The molecule has 1 fully saturated rings. The number of hydrogen-bond donors (Lipinski definition) is 3. The average molecular weight is 316 g/mol. The lowest BCUT2D eigenvalue weighted by atomic mass is 9.85. The molecular formula is C15H19F3N2O2. The van der Waals surface area contributed by atoms with E-state index in [1.807, 2.05) is 0 Å². The molecule has 1 saturated carbocycles. The Labute approximate surface area is 126 Å². The van der Waals surface area contributed by atoms with Crippen molar-refractivity contribution in [3.05, 3.63) is 24.3 Å². The van der Waals surface area contributed by atoms with Crippen molar-refractivity contribution in [3.63, 3.8) is 0 Å². The molecule has 1 aliphatic carbocycles. The second-order valence-electron chi connectivity index (χ2n) is 5.52. The first-order valence-corrected chi connectivity index (χ1v) is 7.22. The van der Waals surface area contributed by atoms with Gasteiger partial charge in [-0.05, 0) is 43.9 Å². The van der Waals surface area contributed by atoms with E-state index in [1.54, 1.807) is 24.3 Å². The van der Waals surface area contributed by atoms with E-state index in [0.717, 1.165) is 5.69 Å². The molecule has 0 unspecified atom stereocenters. The molecule has 4 nitrogen and oxygen atoms in total. The van der Waals surface area contributed by atoms with Crippen LogP contribution in [0.3, 0.4) is 0 Å². The number of carbonyl (C=O) groups excluding carboxylic acids is 1. The molecule has 0 aliphatic heterocycles. The number of nitrogens with one attached hydrogen (secondary N) is 2. The van der Waals surface area contributed by atoms with E-state index >= 15 is 0 Å². The molecule has 0 aromatic heterocycles. The van der Waals surface area contributed by atoms with Crippen LogP contribution in [0.1, 0.15) is 25.7 Å². The second-order valence-corrected chi connectivity index (χ2v) is 5.52. The lowest BCUT2D eigenvalue weighted by Gasteiger charge is -2.31. The smallest absolute Gasteiger partial charge is 0.387 e. The minimum Gasteiger partial charge on any atom is -0.387 e. The zero-order valence-electron chi connectivity index (χ0n) is 12.0. The predicted octanol–water partition coefficient (Wildman–Crippen LogP) is 3.15. The van der Waals surface area contributed by atoms with Gasteiger partial charge < -0.3 is 15.7 Å². The van der Waals surface area contributed by atoms with Gasteiger partial charge in [-0.15, -0.1) is 0 Å². The monoisotopic (exact) mass is 316 g/mol. The van der Waals surface area contributed by atoms with E-state index in [0.29, 0.717) is 18.5 Å². The van der Waals surface area contributed by atoms with E-state index in [1.165, 1.54) is 0 Å². The molecule has 1 aliphatic rings. The number of anilines is 2. The van der Waals surface area contributed by atoms with Gasteiger partial charge in [0.15, 0.2) is 0 Å². The summed E-state index contributed by atoms with van der Waals surface area (Å²) in [6.07, 6.45) is -2.88. The van der Waals surface area contributed by atoms with Gasteiger partial charge in [-0.2, -0.15) is 13.2 Å². The van der Waals surface area contributed by atoms with Crippen molar-refractivity contribution in [1.82, 2.24) is 0 Å². The fraction of sp³-hybridized carbons (Fsp3) is 0.533. The Kier molecular flexibility index (Phi) is 5.28. The highest BCUT2D eigenvalue weighted by atomic mass is 19.4. The molecule has 7 heteroatoms. The van der Waals surface area contributed by atoms with Crippen LogP contribution in [0, 0.1) is 5.92 Å². The highest BCUT2D eigenvalue weighted by Crippen LogP contribution is 2.38. The van der Waals surface area contributed by atoms with Crippen molar-refractivity contribution in [2.24, 2.45) is 5.92 Å². The van der Waals surface area contributed by atoms with Gasteiger partial charge in [-0.3, -0.25) is 4.79 Å². The van der Waals surface area contributed by atoms with Crippen molar-refractivity contribution in [1.29, 1.82) is 0 Å². The number of benzene rings is 1. The summed E-state index contributed by atoms with van der Waals surface area (Å²) in [5.41, 5.74) is 1.28. The summed E-state index contributed by atoms with van der Waals surface area (Å²) in [5.74, 6) is -1.71. The summed E-state index contributed by atoms with van der Waals surface area (Å²) in [5, 5.41) is 14.4. The van der Waals surface area contributed by atoms with Crippen LogP contribution in [-0.4, -0.2) is 29.8 Å². The minimum absolute atomic E-state index is 0.00222. The largest absolute Gasteiger partial charge is 0.391 e. The van der Waals surface area contributed by atoms with Gasteiger partial charge in [-0.25, -0.2) is 0 Å². The molecule has 0 heterocycles. The van der Waals surface area contributed by atoms with Gasteiger partial charge in [0.1, 0.15) is 6.61 Å². The van der Waals surface area contributed by atoms with Crippen molar-refractivity contribution in [2.45, 2.75) is 37.9 Å². The Bertz CT molecular complexity index is 512. The van der Waals surface area contributed by atoms with Crippen LogP contribution in [-0.2, 0) is 4.79 Å². The summed E-state index contributed by atoms with van der Waals surface area (Å²) in [4.78, 5) is 11.1. The van der Waals surface area contributed by atoms with E-state index in [9.17, 15) is 18.0 Å². The molecule has 122 valence electrons. The zero-order chi connectivity index (χ0) is 16.2. The van der Waals surface area contributed by atoms with Crippen molar-refractivity contribution in [3.8, 4) is 0 Å². The molecule has 1 amide bonds. The molecule has 0 spiro atoms. The predicted molar refractivity (Wildman–Crippen MR) is 77.6 cm³/mol. The molecule has 1 aromatic carbocycles. The molecule has 1 aromatic rings. The average Bonchev–Trinajstić information content (AvgIpc) is 2.47. The lowest BCUT2D eigenvalue weighted by molar-refractivity contribution is -0.182. The number of halogens is 3. The van der Waals surface area contributed by atoms with Crippen molar-refractivity contribution < 1.29 is 23.1 Å². The number of aliphatic hydroxyl groups is 1. The van der Waals surface area contributed by atoms with Gasteiger partial charge >= 0.3 is 6.18 Å². The summed E-state index contributed by atoms with van der Waals surface area (Å²) in [6, 6.07) is 6.91. The maximum Gasteiger partial charge on any atom is 0.391 e. The Morgan fingerprint density at radius 1 is 1.18 bits per heavy atom. The van der Waals surface area contributed by atoms with Gasteiger partial charge in [0, 0.05) is 17.4 Å². The lowest BCUT2D eigenvalue weighted by Crippen LogP contribution is -2.32. The Morgan fingerprint density at radius 3 is 2.41 bits per heavy atom. The van der Waals surface area contributed by atoms with Crippen LogP contribution in [0.5, 0.6) is 0 Å². The summed E-state index contributed by atoms with van der Waals surface area (Å²) < 4.78 is 37.9. The third-order valence-corrected chi connectivity index (χ3v) is 3.85. The van der Waals surface area contributed by atoms with Crippen LogP contribution in [0.25, 0.3) is 0 Å². The first-order valence-electron chi connectivity index (χ1n) is 7.22. The fourth-order valence-electron chi connectivity index (χ4n) is 2.69. The van der Waals surface area contributed by atoms with Crippen molar-refractivity contribution >= 4 is 17.3 Å². The van der Waals surface area contributed by atoms with Crippen LogP contribution in [0.2, 0.25) is 0 Å².